The first-order valence-electron chi connectivity index (χ1n) is 7.15. The van der Waals surface area contributed by atoms with E-state index in [-0.39, 0.29) is 12.3 Å². The molecule has 0 aliphatic rings. The van der Waals surface area contributed by atoms with Crippen molar-refractivity contribution < 1.29 is 14.7 Å². The Morgan fingerprint density at radius 3 is 2.11 bits per heavy atom. The molecule has 0 heterocycles. The fourth-order valence-corrected chi connectivity index (χ4v) is 1.43. The van der Waals surface area contributed by atoms with Crippen LogP contribution in [-0.4, -0.2) is 23.5 Å². The molecule has 108 valence electrons. The number of aliphatic carboxylic acids is 1. The number of nitrogens with one attached hydrogen (secondary N) is 1. The highest BCUT2D eigenvalue weighted by molar-refractivity contribution is 5.75. The lowest BCUT2D eigenvalue weighted by molar-refractivity contribution is -0.137. The molecule has 4 heteroatoms. The van der Waals surface area contributed by atoms with E-state index in [0.29, 0.717) is 19.4 Å². The Balaban J connectivity index is 0. The van der Waals surface area contributed by atoms with Gasteiger partial charge in [0.15, 0.2) is 0 Å². The molecule has 0 rings (SSSR count). The van der Waals surface area contributed by atoms with Gasteiger partial charge in [-0.3, -0.25) is 9.59 Å². The smallest absolute Gasteiger partial charge is 0.303 e. The lowest BCUT2D eigenvalue weighted by atomic mass is 10.2. The van der Waals surface area contributed by atoms with Gasteiger partial charge in [0.2, 0.25) is 5.91 Å². The summed E-state index contributed by atoms with van der Waals surface area (Å²) in [5.74, 6) is -0.629. The first-order chi connectivity index (χ1) is 8.66. The predicted molar refractivity (Wildman–Crippen MR) is 74.6 cm³/mol. The van der Waals surface area contributed by atoms with Crippen LogP contribution in [0.25, 0.3) is 0 Å². The SMILES string of the molecule is CC.CCCCCC(=O)NCCCCCC(=O)O. The number of carboxylic acid groups (broad SMARTS) is 1. The van der Waals surface area contributed by atoms with Gasteiger partial charge in [-0.15, -0.1) is 0 Å². The minimum atomic E-state index is -0.747. The maximum Gasteiger partial charge on any atom is 0.303 e. The van der Waals surface area contributed by atoms with E-state index >= 15 is 0 Å². The van der Waals surface area contributed by atoms with E-state index in [1.54, 1.807) is 0 Å². The highest BCUT2D eigenvalue weighted by Crippen LogP contribution is 2.00. The van der Waals surface area contributed by atoms with Crippen LogP contribution in [0.4, 0.5) is 0 Å². The van der Waals surface area contributed by atoms with Crippen LogP contribution in [-0.2, 0) is 9.59 Å². The van der Waals surface area contributed by atoms with Gasteiger partial charge in [-0.05, 0) is 19.3 Å². The molecule has 0 bridgehead atoms. The highest BCUT2D eigenvalue weighted by Gasteiger charge is 2.00. The largest absolute Gasteiger partial charge is 0.481 e. The van der Waals surface area contributed by atoms with Crippen molar-refractivity contribution in [3.63, 3.8) is 0 Å². The number of hydrogen-bond donors (Lipinski definition) is 2. The minimum Gasteiger partial charge on any atom is -0.481 e. The van der Waals surface area contributed by atoms with Gasteiger partial charge in [0.05, 0.1) is 0 Å². The fraction of sp³-hybridized carbons (Fsp3) is 0.857. The molecule has 18 heavy (non-hydrogen) atoms. The summed E-state index contributed by atoms with van der Waals surface area (Å²) in [6.07, 6.45) is 6.46. The Bertz CT molecular complexity index is 205. The lowest BCUT2D eigenvalue weighted by Crippen LogP contribution is -2.23. The normalized spacial score (nSPS) is 9.28. The zero-order valence-electron chi connectivity index (χ0n) is 12.1. The second-order valence-corrected chi connectivity index (χ2v) is 4.01. The third-order valence-corrected chi connectivity index (χ3v) is 2.40. The van der Waals surface area contributed by atoms with Gasteiger partial charge in [0.25, 0.3) is 0 Å². The third-order valence-electron chi connectivity index (χ3n) is 2.40. The van der Waals surface area contributed by atoms with Crippen LogP contribution in [0.3, 0.4) is 0 Å². The maximum atomic E-state index is 11.3. The second-order valence-electron chi connectivity index (χ2n) is 4.01. The summed E-state index contributed by atoms with van der Waals surface area (Å²) in [6, 6.07) is 0. The van der Waals surface area contributed by atoms with Gasteiger partial charge >= 0.3 is 5.97 Å². The summed E-state index contributed by atoms with van der Waals surface area (Å²) >= 11 is 0. The van der Waals surface area contributed by atoms with E-state index in [2.05, 4.69) is 12.2 Å². The van der Waals surface area contributed by atoms with Crippen molar-refractivity contribution in [3.05, 3.63) is 0 Å². The van der Waals surface area contributed by atoms with Crippen molar-refractivity contribution in [1.29, 1.82) is 0 Å². The molecular formula is C14H29NO3. The highest BCUT2D eigenvalue weighted by atomic mass is 16.4. The van der Waals surface area contributed by atoms with Crippen LogP contribution in [0.2, 0.25) is 0 Å². The van der Waals surface area contributed by atoms with Crippen LogP contribution in [0, 0.1) is 0 Å². The molecule has 0 fully saturated rings. The van der Waals surface area contributed by atoms with Crippen LogP contribution < -0.4 is 5.32 Å². The van der Waals surface area contributed by atoms with E-state index in [4.69, 9.17) is 5.11 Å². The van der Waals surface area contributed by atoms with Crippen molar-refractivity contribution in [2.24, 2.45) is 0 Å². The molecule has 0 aromatic carbocycles. The Kier molecular flexibility index (Phi) is 17.1. The number of carbonyl (C=O) groups is 2. The second kappa shape index (κ2) is 15.9. The molecule has 0 saturated heterocycles. The molecule has 0 unspecified atom stereocenters. The van der Waals surface area contributed by atoms with Crippen molar-refractivity contribution >= 4 is 11.9 Å². The van der Waals surface area contributed by atoms with E-state index in [1.807, 2.05) is 13.8 Å². The molecule has 0 aliphatic carbocycles. The summed E-state index contributed by atoms with van der Waals surface area (Å²) in [5.41, 5.74) is 0. The summed E-state index contributed by atoms with van der Waals surface area (Å²) in [7, 11) is 0. The van der Waals surface area contributed by atoms with Crippen molar-refractivity contribution in [2.45, 2.75) is 72.1 Å². The van der Waals surface area contributed by atoms with Crippen molar-refractivity contribution in [3.8, 4) is 0 Å². The molecule has 2 N–H and O–H groups in total. The number of amides is 1. The van der Waals surface area contributed by atoms with Gasteiger partial charge < -0.3 is 10.4 Å². The van der Waals surface area contributed by atoms with Gasteiger partial charge in [0, 0.05) is 19.4 Å². The molecule has 0 spiro atoms. The molecule has 0 radical (unpaired) electrons. The Hall–Kier alpha value is -1.06. The lowest BCUT2D eigenvalue weighted by Gasteiger charge is -2.04. The average Bonchev–Trinajstić information content (AvgIpc) is 2.36. The molecule has 0 saturated carbocycles. The molecule has 0 aromatic rings. The molecule has 0 aromatic heterocycles. The Labute approximate surface area is 111 Å². The van der Waals surface area contributed by atoms with Crippen molar-refractivity contribution in [2.75, 3.05) is 6.54 Å². The summed E-state index contributed by atoms with van der Waals surface area (Å²) in [6.45, 7) is 6.78. The topological polar surface area (TPSA) is 66.4 Å². The monoisotopic (exact) mass is 259 g/mol. The van der Waals surface area contributed by atoms with Gasteiger partial charge in [0.1, 0.15) is 0 Å². The van der Waals surface area contributed by atoms with Gasteiger partial charge in [-0.25, -0.2) is 0 Å². The average molecular weight is 259 g/mol. The van der Waals surface area contributed by atoms with E-state index in [9.17, 15) is 9.59 Å². The quantitative estimate of drug-likeness (QED) is 0.591. The summed E-state index contributed by atoms with van der Waals surface area (Å²) in [5, 5.41) is 11.3. The van der Waals surface area contributed by atoms with Crippen LogP contribution in [0.5, 0.6) is 0 Å². The zero-order valence-corrected chi connectivity index (χ0v) is 12.1. The first kappa shape index (κ1) is 19.3. The number of hydrogen-bond acceptors (Lipinski definition) is 2. The Morgan fingerprint density at radius 2 is 1.56 bits per heavy atom. The molecular weight excluding hydrogens is 230 g/mol. The maximum absolute atomic E-state index is 11.3. The van der Waals surface area contributed by atoms with Crippen LogP contribution >= 0.6 is 0 Å². The molecule has 0 aliphatic heterocycles. The molecule has 1 amide bonds. The fourth-order valence-electron chi connectivity index (χ4n) is 1.43. The number of carboxylic acids is 1. The van der Waals surface area contributed by atoms with E-state index < -0.39 is 5.97 Å². The molecule has 4 nitrogen and oxygen atoms in total. The van der Waals surface area contributed by atoms with Crippen LogP contribution in [0.15, 0.2) is 0 Å². The van der Waals surface area contributed by atoms with Crippen LogP contribution in [0.1, 0.15) is 72.1 Å². The molecule has 0 atom stereocenters. The summed E-state index contributed by atoms with van der Waals surface area (Å²) < 4.78 is 0. The predicted octanol–water partition coefficient (Wildman–Crippen LogP) is 3.35. The summed E-state index contributed by atoms with van der Waals surface area (Å²) in [4.78, 5) is 21.5. The van der Waals surface area contributed by atoms with E-state index in [0.717, 1.165) is 32.1 Å². The Morgan fingerprint density at radius 1 is 0.944 bits per heavy atom. The number of unbranched alkanes of at least 4 members (excludes halogenated alkanes) is 4. The van der Waals surface area contributed by atoms with Gasteiger partial charge in [-0.1, -0.05) is 40.0 Å². The zero-order chi connectivity index (χ0) is 14.2. The minimum absolute atomic E-state index is 0.117. The van der Waals surface area contributed by atoms with Gasteiger partial charge in [-0.2, -0.15) is 0 Å². The standard InChI is InChI=1S/C12H23NO3.C2H6/c1-2-3-5-8-11(14)13-10-7-4-6-9-12(15)16;1-2/h2-10H2,1H3,(H,13,14)(H,15,16);1-2H3. The number of carbonyl (C=O) groups excluding carboxylic acids is 1. The number of rotatable bonds is 10. The van der Waals surface area contributed by atoms with E-state index in [1.165, 1.54) is 0 Å². The third kappa shape index (κ3) is 17.3. The first-order valence-corrected chi connectivity index (χ1v) is 7.15. The van der Waals surface area contributed by atoms with Crippen molar-refractivity contribution in [1.82, 2.24) is 5.32 Å².